The van der Waals surface area contributed by atoms with Gasteiger partial charge < -0.3 is 10.5 Å². The first-order valence-corrected chi connectivity index (χ1v) is 4.89. The molecule has 3 nitrogen and oxygen atoms in total. The number of fused-ring (bicyclic) bond motifs is 1. The van der Waals surface area contributed by atoms with E-state index in [2.05, 4.69) is 6.07 Å². The lowest BCUT2D eigenvalue weighted by molar-refractivity contribution is 0.417. The molecule has 0 radical (unpaired) electrons. The fraction of sp³-hybridized carbons (Fsp3) is 0.100. The van der Waals surface area contributed by atoms with Gasteiger partial charge in [-0.05, 0) is 12.1 Å². The summed E-state index contributed by atoms with van der Waals surface area (Å²) in [5.74, 6) is 0.656. The molecule has 0 saturated carbocycles. The van der Waals surface area contributed by atoms with Crippen LogP contribution < -0.4 is 10.5 Å². The predicted octanol–water partition coefficient (Wildman–Crippen LogP) is 2.36. The number of rotatable bonds is 1. The Kier molecular flexibility index (Phi) is 2.02. The number of nitrogen functional groups attached to an aromatic ring is 1. The number of nitriles is 1. The van der Waals surface area contributed by atoms with Crippen LogP contribution in [0.4, 0.5) is 5.69 Å². The van der Waals surface area contributed by atoms with Gasteiger partial charge in [-0.1, -0.05) is 0 Å². The standard InChI is InChI=1S/C10H8N2OS/c1-13-8-3-2-7-6(4-11)5-14-10(7)9(8)12/h2-3,5H,12H2,1H3. The number of nitrogens with two attached hydrogens (primary N) is 1. The van der Waals surface area contributed by atoms with Crippen molar-refractivity contribution in [3.8, 4) is 11.8 Å². The van der Waals surface area contributed by atoms with Crippen molar-refractivity contribution in [1.29, 1.82) is 5.26 Å². The molecule has 1 heterocycles. The predicted molar refractivity (Wildman–Crippen MR) is 57.5 cm³/mol. The molecule has 0 fully saturated rings. The van der Waals surface area contributed by atoms with Crippen molar-refractivity contribution < 1.29 is 4.74 Å². The Morgan fingerprint density at radius 3 is 2.93 bits per heavy atom. The first kappa shape index (κ1) is 8.85. The summed E-state index contributed by atoms with van der Waals surface area (Å²) in [7, 11) is 1.58. The molecule has 0 atom stereocenters. The van der Waals surface area contributed by atoms with Crippen LogP contribution >= 0.6 is 11.3 Å². The molecule has 0 aliphatic carbocycles. The third kappa shape index (κ3) is 1.10. The normalized spacial score (nSPS) is 10.0. The van der Waals surface area contributed by atoms with Crippen LogP contribution in [0.15, 0.2) is 17.5 Å². The van der Waals surface area contributed by atoms with Crippen LogP contribution in [0.25, 0.3) is 10.1 Å². The van der Waals surface area contributed by atoms with E-state index in [-0.39, 0.29) is 0 Å². The Bertz CT molecular complexity index is 525. The van der Waals surface area contributed by atoms with E-state index in [9.17, 15) is 0 Å². The van der Waals surface area contributed by atoms with Crippen molar-refractivity contribution in [2.75, 3.05) is 12.8 Å². The lowest BCUT2D eigenvalue weighted by Gasteiger charge is -2.04. The highest BCUT2D eigenvalue weighted by molar-refractivity contribution is 7.18. The van der Waals surface area contributed by atoms with Crippen LogP contribution in [0, 0.1) is 11.3 Å². The molecule has 1 aromatic carbocycles. The summed E-state index contributed by atoms with van der Waals surface area (Å²) in [4.78, 5) is 0. The lowest BCUT2D eigenvalue weighted by atomic mass is 10.1. The maximum absolute atomic E-state index is 8.83. The molecular weight excluding hydrogens is 196 g/mol. The molecule has 2 aromatic rings. The second-order valence-corrected chi connectivity index (χ2v) is 3.70. The zero-order valence-electron chi connectivity index (χ0n) is 7.57. The quantitative estimate of drug-likeness (QED) is 0.725. The summed E-state index contributed by atoms with van der Waals surface area (Å²) in [5.41, 5.74) is 7.15. The van der Waals surface area contributed by atoms with Gasteiger partial charge in [-0.2, -0.15) is 5.26 Å². The van der Waals surface area contributed by atoms with E-state index in [4.69, 9.17) is 15.7 Å². The Balaban J connectivity index is 2.80. The van der Waals surface area contributed by atoms with Crippen LogP contribution in [0.5, 0.6) is 5.75 Å². The number of hydrogen-bond acceptors (Lipinski definition) is 4. The number of nitrogens with zero attached hydrogens (tertiary/aromatic N) is 1. The molecule has 0 aliphatic rings. The van der Waals surface area contributed by atoms with Gasteiger partial charge in [0.25, 0.3) is 0 Å². The Morgan fingerprint density at radius 1 is 1.50 bits per heavy atom. The maximum Gasteiger partial charge on any atom is 0.143 e. The number of hydrogen-bond donors (Lipinski definition) is 1. The smallest absolute Gasteiger partial charge is 0.143 e. The van der Waals surface area contributed by atoms with E-state index < -0.39 is 0 Å². The molecule has 0 spiro atoms. The molecule has 2 N–H and O–H groups in total. The number of thiophene rings is 1. The van der Waals surface area contributed by atoms with E-state index in [1.54, 1.807) is 18.6 Å². The van der Waals surface area contributed by atoms with Gasteiger partial charge in [-0.25, -0.2) is 0 Å². The Hall–Kier alpha value is -1.73. The van der Waals surface area contributed by atoms with Crippen LogP contribution in [-0.4, -0.2) is 7.11 Å². The molecule has 4 heteroatoms. The van der Waals surface area contributed by atoms with Crippen molar-refractivity contribution >= 4 is 27.1 Å². The zero-order chi connectivity index (χ0) is 10.1. The van der Waals surface area contributed by atoms with Crippen molar-refractivity contribution in [1.82, 2.24) is 0 Å². The van der Waals surface area contributed by atoms with Crippen molar-refractivity contribution in [3.63, 3.8) is 0 Å². The zero-order valence-corrected chi connectivity index (χ0v) is 8.39. The number of methoxy groups -OCH3 is 1. The summed E-state index contributed by atoms with van der Waals surface area (Å²) in [6.45, 7) is 0. The molecular formula is C10H8N2OS. The topological polar surface area (TPSA) is 59.0 Å². The molecule has 14 heavy (non-hydrogen) atoms. The maximum atomic E-state index is 8.83. The average Bonchev–Trinajstić information content (AvgIpc) is 2.62. The summed E-state index contributed by atoms with van der Waals surface area (Å²) < 4.78 is 6.01. The minimum atomic E-state index is 0.608. The minimum absolute atomic E-state index is 0.608. The third-order valence-electron chi connectivity index (χ3n) is 2.08. The summed E-state index contributed by atoms with van der Waals surface area (Å²) in [5, 5.41) is 11.5. The summed E-state index contributed by atoms with van der Waals surface area (Å²) in [6.07, 6.45) is 0. The summed E-state index contributed by atoms with van der Waals surface area (Å²) in [6, 6.07) is 5.77. The first-order chi connectivity index (χ1) is 6.77. The molecule has 0 bridgehead atoms. The van der Waals surface area contributed by atoms with Gasteiger partial charge in [-0.3, -0.25) is 0 Å². The number of anilines is 1. The lowest BCUT2D eigenvalue weighted by Crippen LogP contribution is -1.91. The fourth-order valence-corrected chi connectivity index (χ4v) is 2.31. The highest BCUT2D eigenvalue weighted by Gasteiger charge is 2.09. The monoisotopic (exact) mass is 204 g/mol. The van der Waals surface area contributed by atoms with E-state index in [1.165, 1.54) is 11.3 Å². The molecule has 0 saturated heterocycles. The van der Waals surface area contributed by atoms with Gasteiger partial charge >= 0.3 is 0 Å². The van der Waals surface area contributed by atoms with Crippen LogP contribution in [0.3, 0.4) is 0 Å². The van der Waals surface area contributed by atoms with Crippen LogP contribution in [-0.2, 0) is 0 Å². The average molecular weight is 204 g/mol. The Labute approximate surface area is 85.3 Å². The van der Waals surface area contributed by atoms with E-state index in [0.717, 1.165) is 10.1 Å². The highest BCUT2D eigenvalue weighted by Crippen LogP contribution is 2.36. The van der Waals surface area contributed by atoms with Crippen molar-refractivity contribution in [3.05, 3.63) is 23.1 Å². The SMILES string of the molecule is COc1ccc2c(C#N)csc2c1N. The summed E-state index contributed by atoms with van der Waals surface area (Å²) >= 11 is 1.47. The molecule has 70 valence electrons. The van der Waals surface area contributed by atoms with E-state index in [1.807, 2.05) is 6.07 Å². The third-order valence-corrected chi connectivity index (χ3v) is 3.11. The van der Waals surface area contributed by atoms with Crippen LogP contribution in [0.1, 0.15) is 5.56 Å². The van der Waals surface area contributed by atoms with Gasteiger partial charge in [0.2, 0.25) is 0 Å². The number of ether oxygens (including phenoxy) is 1. The van der Waals surface area contributed by atoms with Gasteiger partial charge in [0.15, 0.2) is 0 Å². The highest BCUT2D eigenvalue weighted by atomic mass is 32.1. The van der Waals surface area contributed by atoms with Gasteiger partial charge in [-0.15, -0.1) is 11.3 Å². The van der Waals surface area contributed by atoms with Gasteiger partial charge in [0.1, 0.15) is 11.8 Å². The largest absolute Gasteiger partial charge is 0.495 e. The van der Waals surface area contributed by atoms with Gasteiger partial charge in [0, 0.05) is 10.8 Å². The van der Waals surface area contributed by atoms with Crippen molar-refractivity contribution in [2.45, 2.75) is 0 Å². The fourth-order valence-electron chi connectivity index (χ4n) is 1.37. The molecule has 1 aromatic heterocycles. The Morgan fingerprint density at radius 2 is 2.29 bits per heavy atom. The van der Waals surface area contributed by atoms with Gasteiger partial charge in [0.05, 0.1) is 23.1 Å². The van der Waals surface area contributed by atoms with E-state index in [0.29, 0.717) is 17.0 Å². The first-order valence-electron chi connectivity index (χ1n) is 4.01. The number of benzene rings is 1. The minimum Gasteiger partial charge on any atom is -0.495 e. The molecule has 0 aliphatic heterocycles. The van der Waals surface area contributed by atoms with Crippen LogP contribution in [0.2, 0.25) is 0 Å². The second-order valence-electron chi connectivity index (χ2n) is 2.82. The van der Waals surface area contributed by atoms with Crippen molar-refractivity contribution in [2.24, 2.45) is 0 Å². The molecule has 2 rings (SSSR count). The van der Waals surface area contributed by atoms with E-state index >= 15 is 0 Å². The second kappa shape index (κ2) is 3.20. The molecule has 0 amide bonds. The molecule has 0 unspecified atom stereocenters.